The summed E-state index contributed by atoms with van der Waals surface area (Å²) in [5, 5.41) is 0. The van der Waals surface area contributed by atoms with Crippen molar-refractivity contribution >= 4 is 22.7 Å². The van der Waals surface area contributed by atoms with E-state index < -0.39 is 16.5 Å². The molecular formula is C27H52N2Si2. The van der Waals surface area contributed by atoms with Crippen molar-refractivity contribution in [3.8, 4) is 0 Å². The summed E-state index contributed by atoms with van der Waals surface area (Å²) in [6, 6.07) is 10.5. The van der Waals surface area contributed by atoms with Crippen molar-refractivity contribution in [2.75, 3.05) is 13.1 Å². The summed E-state index contributed by atoms with van der Waals surface area (Å²) < 4.78 is 3.22. The van der Waals surface area contributed by atoms with E-state index in [1.165, 1.54) is 5.56 Å². The Labute approximate surface area is 197 Å². The molecule has 0 atom stereocenters. The molecule has 0 aliphatic carbocycles. The molecule has 0 heterocycles. The van der Waals surface area contributed by atoms with Gasteiger partial charge in [0.05, 0.1) is 6.54 Å². The highest BCUT2D eigenvalue weighted by Gasteiger charge is 2.58. The van der Waals surface area contributed by atoms with Crippen molar-refractivity contribution in [2.24, 2.45) is 4.99 Å². The molecule has 0 amide bonds. The van der Waals surface area contributed by atoms with Gasteiger partial charge in [0.25, 0.3) is 0 Å². The van der Waals surface area contributed by atoms with Gasteiger partial charge in [-0.3, -0.25) is 4.99 Å². The molecule has 1 aromatic rings. The molecule has 0 N–H and O–H groups in total. The zero-order chi connectivity index (χ0) is 24.0. The molecule has 0 bridgehead atoms. The van der Waals surface area contributed by atoms with Crippen LogP contribution in [0.1, 0.15) is 88.6 Å². The minimum absolute atomic E-state index is 0.730. The van der Waals surface area contributed by atoms with Gasteiger partial charge in [0.2, 0.25) is 0 Å². The first-order chi connectivity index (χ1) is 14.4. The molecule has 0 aliphatic heterocycles. The summed E-state index contributed by atoms with van der Waals surface area (Å²) in [5.74, 6) is 0. The average molecular weight is 461 g/mol. The fourth-order valence-electron chi connectivity index (χ4n) is 7.46. The first kappa shape index (κ1) is 28.3. The van der Waals surface area contributed by atoms with Crippen LogP contribution >= 0.6 is 0 Å². The Morgan fingerprint density at radius 3 is 1.32 bits per heavy atom. The van der Waals surface area contributed by atoms with Crippen molar-refractivity contribution in [3.63, 3.8) is 0 Å². The molecule has 1 aromatic carbocycles. The molecule has 178 valence electrons. The van der Waals surface area contributed by atoms with Crippen LogP contribution in [0.3, 0.4) is 0 Å². The Hall–Kier alpha value is -0.716. The molecule has 1 rings (SSSR count). The Morgan fingerprint density at radius 2 is 1.00 bits per heavy atom. The summed E-state index contributed by atoms with van der Waals surface area (Å²) in [4.78, 5) is 4.94. The normalized spacial score (nSPS) is 14.0. The fraction of sp³-hybridized carbons (Fsp3) is 0.741. The second-order valence-corrected chi connectivity index (χ2v) is 23.3. The number of rotatable bonds is 12. The molecule has 0 radical (unpaired) electrons. The van der Waals surface area contributed by atoms with Crippen LogP contribution in [-0.2, 0) is 0 Å². The van der Waals surface area contributed by atoms with Crippen LogP contribution in [0.4, 0.5) is 0 Å². The zero-order valence-corrected chi connectivity index (χ0v) is 24.7. The van der Waals surface area contributed by atoms with E-state index in [0.29, 0.717) is 0 Å². The smallest absolute Gasteiger partial charge is 0.129 e. The van der Waals surface area contributed by atoms with Crippen molar-refractivity contribution in [3.05, 3.63) is 35.9 Å². The maximum Gasteiger partial charge on any atom is 0.129 e. The van der Waals surface area contributed by atoms with E-state index in [2.05, 4.69) is 124 Å². The molecule has 0 fully saturated rings. The maximum atomic E-state index is 4.94. The van der Waals surface area contributed by atoms with Crippen LogP contribution in [0.25, 0.3) is 0 Å². The molecule has 2 nitrogen and oxygen atoms in total. The molecule has 0 aliphatic rings. The van der Waals surface area contributed by atoms with Crippen molar-refractivity contribution in [1.29, 1.82) is 0 Å². The monoisotopic (exact) mass is 460 g/mol. The van der Waals surface area contributed by atoms with E-state index in [1.807, 2.05) is 0 Å². The molecule has 4 heteroatoms. The highest BCUT2D eigenvalue weighted by atomic mass is 28.4. The van der Waals surface area contributed by atoms with Crippen LogP contribution in [0.2, 0.25) is 33.2 Å². The minimum Gasteiger partial charge on any atom is -0.342 e. The maximum absolute atomic E-state index is 4.94. The van der Waals surface area contributed by atoms with Gasteiger partial charge >= 0.3 is 0 Å². The Kier molecular flexibility index (Phi) is 10.9. The van der Waals surface area contributed by atoms with Gasteiger partial charge in [0, 0.05) is 12.8 Å². The fourth-order valence-corrected chi connectivity index (χ4v) is 27.5. The first-order valence-electron chi connectivity index (χ1n) is 12.7. The van der Waals surface area contributed by atoms with Crippen LogP contribution in [0.5, 0.6) is 0 Å². The van der Waals surface area contributed by atoms with Gasteiger partial charge in [-0.25, -0.2) is 0 Å². The molecule has 0 saturated heterocycles. The molecule has 0 spiro atoms. The van der Waals surface area contributed by atoms with Gasteiger partial charge in [-0.2, -0.15) is 0 Å². The lowest BCUT2D eigenvalue weighted by molar-refractivity contribution is 0.505. The van der Waals surface area contributed by atoms with Crippen molar-refractivity contribution < 1.29 is 0 Å². The number of hydrogen-bond donors (Lipinski definition) is 0. The highest BCUT2D eigenvalue weighted by Crippen LogP contribution is 2.53. The third kappa shape index (κ3) is 5.62. The Balaban J connectivity index is 3.58. The summed E-state index contributed by atoms with van der Waals surface area (Å²) >= 11 is 0. The SMILES string of the molecule is CC(C)[Si](C(C)C)(C(C)C)N(CCN=Cc1ccccc1)[Si](C(C)C)(C(C)C)C(C)C. The first-order valence-corrected chi connectivity index (χ1v) is 17.1. The number of benzene rings is 1. The van der Waals surface area contributed by atoms with E-state index in [0.717, 1.165) is 46.3 Å². The van der Waals surface area contributed by atoms with Crippen LogP contribution in [0, 0.1) is 0 Å². The zero-order valence-electron chi connectivity index (χ0n) is 22.7. The summed E-state index contributed by atoms with van der Waals surface area (Å²) in [7, 11) is -3.58. The average Bonchev–Trinajstić information content (AvgIpc) is 2.64. The van der Waals surface area contributed by atoms with Crippen molar-refractivity contribution in [1.82, 2.24) is 4.23 Å². The van der Waals surface area contributed by atoms with E-state index in [4.69, 9.17) is 4.99 Å². The van der Waals surface area contributed by atoms with E-state index in [1.54, 1.807) is 0 Å². The van der Waals surface area contributed by atoms with Crippen LogP contribution in [-0.4, -0.2) is 40.0 Å². The minimum atomic E-state index is -1.79. The van der Waals surface area contributed by atoms with Crippen LogP contribution in [0.15, 0.2) is 35.3 Å². The number of nitrogens with zero attached hydrogens (tertiary/aromatic N) is 2. The standard InChI is InChI=1S/C27H52N2Si2/c1-21(2)30(22(3)4,23(5)6)29(31(24(7)8,25(9)10)26(11)12)19-18-28-20-27-16-14-13-15-17-27/h13-17,20-26H,18-19H2,1-12H3. The van der Waals surface area contributed by atoms with Crippen LogP contribution < -0.4 is 0 Å². The summed E-state index contributed by atoms with van der Waals surface area (Å²) in [6.45, 7) is 32.3. The molecule has 31 heavy (non-hydrogen) atoms. The van der Waals surface area contributed by atoms with E-state index in [9.17, 15) is 0 Å². The van der Waals surface area contributed by atoms with Gasteiger partial charge < -0.3 is 4.23 Å². The highest BCUT2D eigenvalue weighted by molar-refractivity contribution is 6.96. The largest absolute Gasteiger partial charge is 0.342 e. The lowest BCUT2D eigenvalue weighted by atomic mass is 10.2. The quantitative estimate of drug-likeness (QED) is 0.225. The summed E-state index contributed by atoms with van der Waals surface area (Å²) in [6.07, 6.45) is 2.07. The molecule has 0 aromatic heterocycles. The van der Waals surface area contributed by atoms with Crippen molar-refractivity contribution in [2.45, 2.75) is 116 Å². The lowest BCUT2D eigenvalue weighted by Crippen LogP contribution is -2.74. The lowest BCUT2D eigenvalue weighted by Gasteiger charge is -2.62. The van der Waals surface area contributed by atoms with E-state index in [-0.39, 0.29) is 0 Å². The number of hydrogen-bond acceptors (Lipinski definition) is 2. The predicted molar refractivity (Wildman–Crippen MR) is 148 cm³/mol. The molecule has 0 saturated carbocycles. The van der Waals surface area contributed by atoms with Gasteiger partial charge in [-0.15, -0.1) is 0 Å². The Bertz CT molecular complexity index is 588. The predicted octanol–water partition coefficient (Wildman–Crippen LogP) is 8.76. The summed E-state index contributed by atoms with van der Waals surface area (Å²) in [5.41, 5.74) is 5.58. The topological polar surface area (TPSA) is 15.6 Å². The third-order valence-corrected chi connectivity index (χ3v) is 23.7. The van der Waals surface area contributed by atoms with Gasteiger partial charge in [-0.1, -0.05) is 113 Å². The Morgan fingerprint density at radius 1 is 0.645 bits per heavy atom. The van der Waals surface area contributed by atoms with Gasteiger partial charge in [0.15, 0.2) is 0 Å². The number of aliphatic imine (C=N–C) groups is 1. The second kappa shape index (κ2) is 11.9. The van der Waals surface area contributed by atoms with E-state index >= 15 is 0 Å². The van der Waals surface area contributed by atoms with Gasteiger partial charge in [-0.05, 0) is 38.8 Å². The molecule has 0 unspecified atom stereocenters. The third-order valence-electron chi connectivity index (χ3n) is 7.98. The van der Waals surface area contributed by atoms with Gasteiger partial charge in [0.1, 0.15) is 16.5 Å². The molecular weight excluding hydrogens is 408 g/mol. The second-order valence-electron chi connectivity index (χ2n) is 11.3.